The number of likely N-dealkylation sites (N-methyl/N-ethyl adjacent to an activating group) is 1. The number of pyridine rings is 1. The molecule has 1 aromatic heterocycles. The summed E-state index contributed by atoms with van der Waals surface area (Å²) < 4.78 is 15.8. The minimum Gasteiger partial charge on any atom is -0.496 e. The van der Waals surface area contributed by atoms with Gasteiger partial charge in [-0.25, -0.2) is 4.79 Å². The summed E-state index contributed by atoms with van der Waals surface area (Å²) in [7, 11) is 1.66. The number of hydrogen-bond acceptors (Lipinski definition) is 9. The first-order valence-corrected chi connectivity index (χ1v) is 14.3. The van der Waals surface area contributed by atoms with Crippen LogP contribution in [0.15, 0.2) is 16.7 Å². The van der Waals surface area contributed by atoms with Crippen molar-refractivity contribution >= 4 is 23.9 Å². The number of rotatable bonds is 8. The highest BCUT2D eigenvalue weighted by Gasteiger charge is 2.30. The first-order chi connectivity index (χ1) is 18.5. The molecule has 0 fully saturated rings. The molecule has 11 heteroatoms. The Kier molecular flexibility index (Phi) is 8.80. The van der Waals surface area contributed by atoms with Gasteiger partial charge in [-0.15, -0.1) is 0 Å². The number of nitrogens with one attached hydrogen (secondary N) is 1. The molecule has 1 aliphatic carbocycles. The second-order valence-corrected chi connectivity index (χ2v) is 11.4. The lowest BCUT2D eigenvalue weighted by molar-refractivity contribution is 0.0563. The average molecular weight is 554 g/mol. The lowest BCUT2D eigenvalue weighted by Crippen LogP contribution is -2.37. The van der Waals surface area contributed by atoms with Gasteiger partial charge in [0.25, 0.3) is 0 Å². The van der Waals surface area contributed by atoms with Gasteiger partial charge in [0.1, 0.15) is 23.6 Å². The van der Waals surface area contributed by atoms with Crippen LogP contribution in [0.2, 0.25) is 0 Å². The predicted octanol–water partition coefficient (Wildman–Crippen LogP) is 4.77. The van der Waals surface area contributed by atoms with Crippen LogP contribution in [0.4, 0.5) is 4.79 Å². The van der Waals surface area contributed by atoms with Crippen molar-refractivity contribution < 1.29 is 14.3 Å². The quantitative estimate of drug-likeness (QED) is 0.398. The van der Waals surface area contributed by atoms with Crippen LogP contribution in [0.3, 0.4) is 0 Å². The van der Waals surface area contributed by atoms with E-state index < -0.39 is 11.7 Å². The van der Waals surface area contributed by atoms with E-state index in [2.05, 4.69) is 39.5 Å². The molecule has 3 aliphatic rings. The van der Waals surface area contributed by atoms with E-state index in [1.165, 1.54) is 23.1 Å². The van der Waals surface area contributed by atoms with Crippen molar-refractivity contribution in [3.05, 3.63) is 45.9 Å². The van der Waals surface area contributed by atoms with Crippen LogP contribution in [0.1, 0.15) is 68.3 Å². The molecular weight excluding hydrogens is 514 g/mol. The van der Waals surface area contributed by atoms with Crippen molar-refractivity contribution in [3.63, 3.8) is 0 Å². The average Bonchev–Trinajstić information content (AvgIpc) is 3.11. The van der Waals surface area contributed by atoms with Gasteiger partial charge in [0.2, 0.25) is 0 Å². The first kappa shape index (κ1) is 28.8. The summed E-state index contributed by atoms with van der Waals surface area (Å²) in [4.78, 5) is 21.4. The van der Waals surface area contributed by atoms with E-state index in [-0.39, 0.29) is 0 Å². The van der Waals surface area contributed by atoms with Gasteiger partial charge < -0.3 is 14.4 Å². The van der Waals surface area contributed by atoms with Crippen LogP contribution >= 0.6 is 11.9 Å². The molecule has 0 saturated carbocycles. The Morgan fingerprint density at radius 1 is 1.21 bits per heavy atom. The van der Waals surface area contributed by atoms with Crippen molar-refractivity contribution in [2.75, 3.05) is 26.7 Å². The van der Waals surface area contributed by atoms with Crippen LogP contribution in [-0.2, 0) is 23.5 Å². The van der Waals surface area contributed by atoms with E-state index in [9.17, 15) is 4.79 Å². The van der Waals surface area contributed by atoms with E-state index in [1.54, 1.807) is 18.1 Å². The lowest BCUT2D eigenvalue weighted by atomic mass is 10.1. The van der Waals surface area contributed by atoms with Crippen LogP contribution in [0, 0.1) is 13.8 Å². The maximum Gasteiger partial charge on any atom is 0.413 e. The number of aromatic nitrogens is 4. The van der Waals surface area contributed by atoms with Gasteiger partial charge in [-0.3, -0.25) is 10.3 Å². The Labute approximate surface area is 235 Å². The zero-order valence-corrected chi connectivity index (χ0v) is 25.0. The number of carbonyl (C=O) groups excluding carboxylic acids is 1. The standard InChI is InChI=1S/C28H39N7O3S/c1-9-34(10-2)12-11-19-13-21-23-20(19)16-39-33-26(30-27(36)38-28(5,6)7)24(23)32-35(31-21)15-22-18(4)25(37-8)17(3)14-29-22/h13-14H,9-12,15-16H2,1-8H3,(H,30,33,36). The number of hydrogen-bond donors (Lipinski definition) is 1. The van der Waals surface area contributed by atoms with Crippen LogP contribution in [0.5, 0.6) is 5.75 Å². The molecule has 0 saturated heterocycles. The van der Waals surface area contributed by atoms with Gasteiger partial charge in [-0.2, -0.15) is 19.4 Å². The Hall–Kier alpha value is -3.18. The van der Waals surface area contributed by atoms with E-state index in [4.69, 9.17) is 19.7 Å². The highest BCUT2D eigenvalue weighted by atomic mass is 32.2. The third-order valence-electron chi connectivity index (χ3n) is 6.77. The van der Waals surface area contributed by atoms with E-state index in [0.29, 0.717) is 23.8 Å². The van der Waals surface area contributed by atoms with Crippen molar-refractivity contribution in [1.82, 2.24) is 30.2 Å². The molecule has 0 unspecified atom stereocenters. The SMILES string of the molecule is CCN(CC)CCc1cc2nn(Cc3ncc(C)c(OC)c3C)nc3c-2c1CSN=C3NC(=O)OC(C)(C)C. The summed E-state index contributed by atoms with van der Waals surface area (Å²) in [6.07, 6.45) is 2.13. The number of amides is 1. The summed E-state index contributed by atoms with van der Waals surface area (Å²) in [5, 5.41) is 12.6. The second kappa shape index (κ2) is 11.9. The summed E-state index contributed by atoms with van der Waals surface area (Å²) in [6.45, 7) is 17.1. The Morgan fingerprint density at radius 3 is 2.62 bits per heavy atom. The molecular formula is C28H39N7O3S. The molecule has 39 heavy (non-hydrogen) atoms. The molecule has 0 aromatic carbocycles. The number of aryl methyl sites for hydroxylation is 1. The molecule has 3 heterocycles. The monoisotopic (exact) mass is 553 g/mol. The van der Waals surface area contributed by atoms with Crippen LogP contribution < -0.4 is 10.1 Å². The number of alkyl carbamates (subject to hydrolysis) is 1. The lowest BCUT2D eigenvalue weighted by Gasteiger charge is -2.20. The number of nitrogens with zero attached hydrogens (tertiary/aromatic N) is 6. The highest BCUT2D eigenvalue weighted by molar-refractivity contribution is 7.97. The third kappa shape index (κ3) is 6.52. The van der Waals surface area contributed by atoms with Crippen molar-refractivity contribution in [2.45, 2.75) is 72.8 Å². The van der Waals surface area contributed by atoms with Gasteiger partial charge >= 0.3 is 6.09 Å². The van der Waals surface area contributed by atoms with Crippen molar-refractivity contribution in [1.29, 1.82) is 0 Å². The normalized spacial score (nSPS) is 13.4. The minimum absolute atomic E-state index is 0.341. The first-order valence-electron chi connectivity index (χ1n) is 13.4. The zero-order chi connectivity index (χ0) is 28.3. The maximum atomic E-state index is 12.7. The summed E-state index contributed by atoms with van der Waals surface area (Å²) in [5.74, 6) is 1.84. The largest absolute Gasteiger partial charge is 0.496 e. The fraction of sp³-hybridized carbons (Fsp3) is 0.536. The number of methoxy groups -OCH3 is 1. The second-order valence-electron chi connectivity index (χ2n) is 10.7. The highest BCUT2D eigenvalue weighted by Crippen LogP contribution is 2.38. The molecule has 1 amide bonds. The van der Waals surface area contributed by atoms with Gasteiger partial charge in [0.05, 0.1) is 18.5 Å². The van der Waals surface area contributed by atoms with Crippen LogP contribution in [0.25, 0.3) is 11.3 Å². The van der Waals surface area contributed by atoms with Gasteiger partial charge in [-0.1, -0.05) is 13.8 Å². The fourth-order valence-electron chi connectivity index (χ4n) is 4.79. The van der Waals surface area contributed by atoms with E-state index in [1.807, 2.05) is 34.6 Å². The fourth-order valence-corrected chi connectivity index (χ4v) is 5.57. The molecule has 1 aromatic rings. The molecule has 0 atom stereocenters. The van der Waals surface area contributed by atoms with E-state index >= 15 is 0 Å². The Bertz CT molecular complexity index is 1340. The molecule has 1 N–H and O–H groups in total. The summed E-state index contributed by atoms with van der Waals surface area (Å²) in [5.41, 5.74) is 6.81. The molecule has 210 valence electrons. The van der Waals surface area contributed by atoms with Crippen LogP contribution in [-0.4, -0.2) is 69.2 Å². The zero-order valence-electron chi connectivity index (χ0n) is 24.2. The molecule has 10 nitrogen and oxygen atoms in total. The predicted molar refractivity (Wildman–Crippen MR) is 155 cm³/mol. The summed E-state index contributed by atoms with van der Waals surface area (Å²) >= 11 is 1.40. The third-order valence-corrected chi connectivity index (χ3v) is 7.50. The summed E-state index contributed by atoms with van der Waals surface area (Å²) in [6, 6.07) is 2.16. The van der Waals surface area contributed by atoms with Gasteiger partial charge in [-0.05, 0) is 83.3 Å². The Morgan fingerprint density at radius 2 is 1.95 bits per heavy atom. The van der Waals surface area contributed by atoms with E-state index in [0.717, 1.165) is 59.9 Å². The topological polar surface area (TPSA) is 107 Å². The Balaban J connectivity index is 1.78. The van der Waals surface area contributed by atoms with Gasteiger partial charge in [0, 0.05) is 35.2 Å². The number of ether oxygens (including phenoxy) is 2. The molecule has 4 rings (SSSR count). The number of carbonyl (C=O) groups is 1. The molecule has 2 aliphatic heterocycles. The molecule has 0 radical (unpaired) electrons. The minimum atomic E-state index is -0.639. The number of amidine groups is 1. The van der Waals surface area contributed by atoms with Crippen molar-refractivity contribution in [2.24, 2.45) is 4.40 Å². The molecule has 0 bridgehead atoms. The van der Waals surface area contributed by atoms with Gasteiger partial charge in [0.15, 0.2) is 5.84 Å². The van der Waals surface area contributed by atoms with Crippen molar-refractivity contribution in [3.8, 4) is 17.0 Å². The smallest absolute Gasteiger partial charge is 0.413 e. The molecule has 0 spiro atoms. The maximum absolute atomic E-state index is 12.7.